The highest BCUT2D eigenvalue weighted by atomic mass is 35.5. The Bertz CT molecular complexity index is 1260. The number of anilines is 1. The summed E-state index contributed by atoms with van der Waals surface area (Å²) in [5.74, 6) is -0.447. The summed E-state index contributed by atoms with van der Waals surface area (Å²) < 4.78 is 14.1. The monoisotopic (exact) mass is 465 g/mol. The second-order valence-corrected chi connectivity index (χ2v) is 9.94. The maximum Gasteiger partial charge on any atom is 0.234 e. The third-order valence-corrected chi connectivity index (χ3v) is 7.55. The van der Waals surface area contributed by atoms with Crippen LogP contribution < -0.4 is 5.32 Å². The molecule has 1 aromatic heterocycles. The van der Waals surface area contributed by atoms with E-state index in [0.29, 0.717) is 5.69 Å². The number of hydrogen-bond donors (Lipinski definition) is 2. The highest BCUT2D eigenvalue weighted by Crippen LogP contribution is 2.42. The summed E-state index contributed by atoms with van der Waals surface area (Å²) in [5.41, 5.74) is 5.47. The first-order valence-corrected chi connectivity index (χ1v) is 12.0. The van der Waals surface area contributed by atoms with Crippen LogP contribution >= 0.6 is 11.6 Å². The summed E-state index contributed by atoms with van der Waals surface area (Å²) in [6, 6.07) is 11.0. The number of hydrogen-bond acceptors (Lipinski definition) is 2. The number of aromatic amines is 1. The molecule has 0 fully saturated rings. The molecule has 6 heteroatoms. The second-order valence-electron chi connectivity index (χ2n) is 9.50. The topological polar surface area (TPSA) is 48.1 Å². The van der Waals surface area contributed by atoms with Gasteiger partial charge in [0.25, 0.3) is 0 Å². The number of halogens is 2. The molecule has 0 aliphatic carbocycles. The minimum Gasteiger partial charge on any atom is -0.358 e. The zero-order valence-electron chi connectivity index (χ0n) is 19.1. The lowest BCUT2D eigenvalue weighted by molar-refractivity contribution is -0.120. The van der Waals surface area contributed by atoms with Crippen molar-refractivity contribution >= 4 is 39.7 Å². The Kier molecular flexibility index (Phi) is 5.79. The number of aromatic nitrogens is 1. The number of carbonyl (C=O) groups excluding carboxylic acids is 1. The average Bonchev–Trinajstić information content (AvgIpc) is 3.25. The van der Waals surface area contributed by atoms with Crippen molar-refractivity contribution in [2.45, 2.75) is 44.9 Å². The van der Waals surface area contributed by atoms with E-state index in [1.807, 2.05) is 25.1 Å². The highest BCUT2D eigenvalue weighted by Gasteiger charge is 2.43. The number of aryl methyl sites for hydroxylation is 1. The summed E-state index contributed by atoms with van der Waals surface area (Å²) in [4.78, 5) is 18.5. The predicted octanol–water partition coefficient (Wildman–Crippen LogP) is 6.44. The van der Waals surface area contributed by atoms with Gasteiger partial charge in [0.05, 0.1) is 11.1 Å². The molecule has 2 aromatic carbocycles. The summed E-state index contributed by atoms with van der Waals surface area (Å²) >= 11 is 6.16. The first-order chi connectivity index (χ1) is 15.9. The van der Waals surface area contributed by atoms with Gasteiger partial charge in [0.15, 0.2) is 0 Å². The lowest BCUT2D eigenvalue weighted by Gasteiger charge is -2.27. The van der Waals surface area contributed by atoms with Gasteiger partial charge in [-0.05, 0) is 69.0 Å². The zero-order valence-corrected chi connectivity index (χ0v) is 19.9. The molecule has 33 heavy (non-hydrogen) atoms. The summed E-state index contributed by atoms with van der Waals surface area (Å²) in [5, 5.41) is 4.72. The maximum absolute atomic E-state index is 14.1. The number of carbonyl (C=O) groups is 1. The molecule has 2 N–H and O–H groups in total. The largest absolute Gasteiger partial charge is 0.358 e. The maximum atomic E-state index is 14.1. The normalized spacial score (nSPS) is 20.7. The number of unbranched alkanes of at least 4 members (excludes halogenated alkanes) is 1. The van der Waals surface area contributed by atoms with Crippen molar-refractivity contribution in [1.29, 1.82) is 0 Å². The fourth-order valence-corrected chi connectivity index (χ4v) is 5.58. The lowest BCUT2D eigenvalue weighted by Crippen LogP contribution is -2.32. The standard InChI is InChI=1S/C27H29ClFN3O/c1-17-24(20-9-8-19(28)16-23(20)30-17)18-10-14-32(15-11-18)13-4-3-12-27(2)21-6-5-7-22(29)25(21)31-26(27)33/h5-10,16,30H,3-4,11-15H2,1-2H3,(H,31,33). The predicted molar refractivity (Wildman–Crippen MR) is 133 cm³/mol. The van der Waals surface area contributed by atoms with Gasteiger partial charge in [0, 0.05) is 40.3 Å². The third kappa shape index (κ3) is 3.98. The number of nitrogens with zero attached hydrogens (tertiary/aromatic N) is 1. The molecule has 1 unspecified atom stereocenters. The van der Waals surface area contributed by atoms with E-state index in [-0.39, 0.29) is 11.7 Å². The van der Waals surface area contributed by atoms with Crippen LogP contribution in [0.5, 0.6) is 0 Å². The van der Waals surface area contributed by atoms with Crippen molar-refractivity contribution in [2.24, 2.45) is 0 Å². The van der Waals surface area contributed by atoms with E-state index in [1.165, 1.54) is 28.3 Å². The smallest absolute Gasteiger partial charge is 0.234 e. The molecular formula is C27H29ClFN3O. The Labute approximate surface area is 198 Å². The molecule has 172 valence electrons. The van der Waals surface area contributed by atoms with Gasteiger partial charge in [-0.1, -0.05) is 42.3 Å². The molecule has 0 radical (unpaired) electrons. The van der Waals surface area contributed by atoms with Crippen molar-refractivity contribution in [3.8, 4) is 0 Å². The molecule has 0 spiro atoms. The van der Waals surface area contributed by atoms with Crippen LogP contribution in [0.2, 0.25) is 5.02 Å². The van der Waals surface area contributed by atoms with Crippen LogP contribution in [0.25, 0.3) is 16.5 Å². The Morgan fingerprint density at radius 3 is 2.85 bits per heavy atom. The fourth-order valence-electron chi connectivity index (χ4n) is 5.41. The van der Waals surface area contributed by atoms with Gasteiger partial charge in [0.1, 0.15) is 5.82 Å². The lowest BCUT2D eigenvalue weighted by atomic mass is 9.79. The number of fused-ring (bicyclic) bond motifs is 2. The van der Waals surface area contributed by atoms with Crippen LogP contribution in [0.1, 0.15) is 49.4 Å². The van der Waals surface area contributed by atoms with Crippen molar-refractivity contribution in [3.63, 3.8) is 0 Å². The SMILES string of the molecule is Cc1[nH]c2cc(Cl)ccc2c1C1=CCN(CCCCC2(C)C(=O)Nc3c(F)cccc32)CC1. The van der Waals surface area contributed by atoms with Crippen LogP contribution in [0.3, 0.4) is 0 Å². The molecule has 2 aliphatic heterocycles. The van der Waals surface area contributed by atoms with E-state index in [0.717, 1.165) is 61.4 Å². The molecule has 1 atom stereocenters. The van der Waals surface area contributed by atoms with Crippen molar-refractivity contribution in [2.75, 3.05) is 25.0 Å². The van der Waals surface area contributed by atoms with Gasteiger partial charge >= 0.3 is 0 Å². The molecule has 4 nitrogen and oxygen atoms in total. The van der Waals surface area contributed by atoms with Crippen LogP contribution in [0.4, 0.5) is 10.1 Å². The van der Waals surface area contributed by atoms with Gasteiger partial charge in [-0.25, -0.2) is 4.39 Å². The molecule has 3 heterocycles. The van der Waals surface area contributed by atoms with Crippen molar-refractivity contribution in [1.82, 2.24) is 9.88 Å². The van der Waals surface area contributed by atoms with Crippen molar-refractivity contribution in [3.05, 3.63) is 70.1 Å². The van der Waals surface area contributed by atoms with E-state index in [4.69, 9.17) is 11.6 Å². The van der Waals surface area contributed by atoms with Crippen LogP contribution in [0.15, 0.2) is 42.5 Å². The van der Waals surface area contributed by atoms with Gasteiger partial charge in [-0.3, -0.25) is 9.69 Å². The number of benzene rings is 2. The molecule has 0 bridgehead atoms. The number of H-pyrrole nitrogens is 1. The molecule has 1 amide bonds. The number of rotatable bonds is 6. The number of amides is 1. The number of nitrogens with one attached hydrogen (secondary N) is 2. The van der Waals surface area contributed by atoms with Crippen LogP contribution in [-0.4, -0.2) is 35.4 Å². The van der Waals surface area contributed by atoms with E-state index in [9.17, 15) is 9.18 Å². The quantitative estimate of drug-likeness (QED) is 0.411. The molecular weight excluding hydrogens is 437 g/mol. The first kappa shape index (κ1) is 22.2. The van der Waals surface area contributed by atoms with Crippen molar-refractivity contribution < 1.29 is 9.18 Å². The third-order valence-electron chi connectivity index (χ3n) is 7.31. The van der Waals surface area contributed by atoms with E-state index in [1.54, 1.807) is 6.07 Å². The average molecular weight is 466 g/mol. The Hall–Kier alpha value is -2.63. The molecule has 2 aliphatic rings. The van der Waals surface area contributed by atoms with Gasteiger partial charge < -0.3 is 10.3 Å². The Morgan fingerprint density at radius 1 is 1.21 bits per heavy atom. The second kappa shape index (κ2) is 8.62. The first-order valence-electron chi connectivity index (χ1n) is 11.7. The molecule has 5 rings (SSSR count). The van der Waals surface area contributed by atoms with Crippen LogP contribution in [-0.2, 0) is 10.2 Å². The minimum absolute atomic E-state index is 0.0939. The molecule has 3 aromatic rings. The molecule has 0 saturated carbocycles. The highest BCUT2D eigenvalue weighted by molar-refractivity contribution is 6.31. The summed E-state index contributed by atoms with van der Waals surface area (Å²) in [6.45, 7) is 7.01. The van der Waals surface area contributed by atoms with E-state index < -0.39 is 5.41 Å². The Balaban J connectivity index is 1.18. The van der Waals surface area contributed by atoms with E-state index >= 15 is 0 Å². The van der Waals surface area contributed by atoms with Gasteiger partial charge in [-0.2, -0.15) is 0 Å². The summed E-state index contributed by atoms with van der Waals surface area (Å²) in [7, 11) is 0. The minimum atomic E-state index is -0.651. The summed E-state index contributed by atoms with van der Waals surface area (Å²) in [6.07, 6.45) is 6.03. The van der Waals surface area contributed by atoms with E-state index in [2.05, 4.69) is 34.3 Å². The zero-order chi connectivity index (χ0) is 23.2. The van der Waals surface area contributed by atoms with Gasteiger partial charge in [-0.15, -0.1) is 0 Å². The molecule has 0 saturated heterocycles. The van der Waals surface area contributed by atoms with Crippen LogP contribution in [0, 0.1) is 12.7 Å². The Morgan fingerprint density at radius 2 is 2.06 bits per heavy atom. The fraction of sp³-hybridized carbons (Fsp3) is 0.370. The number of para-hydroxylation sites is 1. The van der Waals surface area contributed by atoms with Gasteiger partial charge in [0.2, 0.25) is 5.91 Å².